The maximum atomic E-state index is 13.6. The van der Waals surface area contributed by atoms with Gasteiger partial charge in [-0.2, -0.15) is 0 Å². The van der Waals surface area contributed by atoms with Gasteiger partial charge in [-0.1, -0.05) is 14.4 Å². The number of alkyl carbamates (subject to hydrolysis) is 1. The number of aromatic nitrogens is 3. The molecular weight excluding hydrogens is 654 g/mol. The Morgan fingerprint density at radius 2 is 1.87 bits per heavy atom. The van der Waals surface area contributed by atoms with Crippen molar-refractivity contribution < 1.29 is 19.1 Å². The van der Waals surface area contributed by atoms with E-state index in [1.807, 2.05) is 40.0 Å². The fourth-order valence-electron chi connectivity index (χ4n) is 5.96. The number of benzene rings is 1. The number of rotatable bonds is 6. The molecule has 2 amide bonds. The first-order valence-electron chi connectivity index (χ1n) is 15.5. The number of thiophene rings is 1. The van der Waals surface area contributed by atoms with Crippen LogP contribution < -0.4 is 10.1 Å². The van der Waals surface area contributed by atoms with Gasteiger partial charge in [-0.3, -0.25) is 4.79 Å². The summed E-state index contributed by atoms with van der Waals surface area (Å²) in [4.78, 5) is 31.2. The van der Waals surface area contributed by atoms with Crippen LogP contribution in [0.5, 0.6) is 5.75 Å². The molecule has 45 heavy (non-hydrogen) atoms. The number of amides is 2. The molecule has 4 heterocycles. The lowest BCUT2D eigenvalue weighted by Gasteiger charge is -2.35. The number of hydrogen-bond acceptors (Lipinski definition) is 6. The van der Waals surface area contributed by atoms with Gasteiger partial charge in [0.05, 0.1) is 32.3 Å². The molecule has 0 unspecified atom stereocenters. The number of halogens is 1. The van der Waals surface area contributed by atoms with E-state index in [9.17, 15) is 9.59 Å². The summed E-state index contributed by atoms with van der Waals surface area (Å²) in [6, 6.07) is 8.64. The molecular formula is C34H48BrN5O4S. The summed E-state index contributed by atoms with van der Waals surface area (Å²) in [5.74, 6) is 2.44. The zero-order chi connectivity index (χ0) is 31.8. The zero-order valence-corrected chi connectivity index (χ0v) is 29.2. The molecule has 1 atom stereocenters. The van der Waals surface area contributed by atoms with Crippen LogP contribution in [0.1, 0.15) is 84.0 Å². The van der Waals surface area contributed by atoms with Crippen LogP contribution in [0.3, 0.4) is 0 Å². The molecule has 1 aromatic carbocycles. The van der Waals surface area contributed by atoms with Crippen LogP contribution in [-0.4, -0.2) is 63.4 Å². The van der Waals surface area contributed by atoms with Crippen molar-refractivity contribution in [1.82, 2.24) is 24.3 Å². The molecule has 6 rings (SSSR count). The van der Waals surface area contributed by atoms with Gasteiger partial charge in [0, 0.05) is 38.8 Å². The number of carbonyl (C=O) groups excluding carboxylic acids is 2. The maximum Gasteiger partial charge on any atom is 0.407 e. The molecule has 4 aromatic rings. The van der Waals surface area contributed by atoms with Gasteiger partial charge in [0.1, 0.15) is 16.9 Å². The minimum atomic E-state index is -0.389. The van der Waals surface area contributed by atoms with E-state index in [1.165, 1.54) is 36.5 Å². The van der Waals surface area contributed by atoms with E-state index in [4.69, 9.17) is 14.5 Å². The highest BCUT2D eigenvalue weighted by Crippen LogP contribution is 2.41. The second-order valence-electron chi connectivity index (χ2n) is 12.7. The van der Waals surface area contributed by atoms with Gasteiger partial charge < -0.3 is 28.8 Å². The molecule has 0 spiro atoms. The molecule has 11 heteroatoms. The van der Waals surface area contributed by atoms with Gasteiger partial charge in [-0.15, -0.1) is 11.3 Å². The van der Waals surface area contributed by atoms with E-state index in [-0.39, 0.29) is 25.0 Å². The number of carbonyl (C=O) groups is 2. The highest BCUT2D eigenvalue weighted by molar-refractivity contribution is 9.11. The number of piperidine rings is 1. The molecule has 0 radical (unpaired) electrons. The van der Waals surface area contributed by atoms with E-state index in [1.54, 1.807) is 18.4 Å². The SMILES string of the molecule is C.CC[C@H]1CCCCN1C(=O)c1cc(OC)c2c(c1)nc(-c1cc3sc(Br)cc3n1CC1CC1)n2C.CNC(=O)OC(C)(C)C. The number of imidazole rings is 1. The van der Waals surface area contributed by atoms with Crippen molar-refractivity contribution in [2.45, 2.75) is 91.8 Å². The molecule has 2 aliphatic rings. The van der Waals surface area contributed by atoms with Crippen LogP contribution in [0.4, 0.5) is 4.79 Å². The topological polar surface area (TPSA) is 90.6 Å². The first kappa shape index (κ1) is 34.8. The summed E-state index contributed by atoms with van der Waals surface area (Å²) in [6.07, 6.45) is 6.54. The van der Waals surface area contributed by atoms with Crippen LogP contribution in [0, 0.1) is 5.92 Å². The van der Waals surface area contributed by atoms with Crippen LogP contribution >= 0.6 is 27.3 Å². The Hall–Kier alpha value is -3.05. The summed E-state index contributed by atoms with van der Waals surface area (Å²) in [5.41, 5.74) is 4.39. The summed E-state index contributed by atoms with van der Waals surface area (Å²) < 4.78 is 17.6. The van der Waals surface area contributed by atoms with Crippen molar-refractivity contribution >= 4 is 60.5 Å². The average Bonchev–Trinajstić information content (AvgIpc) is 3.54. The molecule has 0 bridgehead atoms. The van der Waals surface area contributed by atoms with Crippen LogP contribution in [0.15, 0.2) is 28.1 Å². The van der Waals surface area contributed by atoms with Gasteiger partial charge in [-0.05, 0) is 105 Å². The Balaban J connectivity index is 0.000000405. The number of nitrogens with zero attached hydrogens (tertiary/aromatic N) is 4. The summed E-state index contributed by atoms with van der Waals surface area (Å²) >= 11 is 5.42. The Morgan fingerprint density at radius 3 is 2.47 bits per heavy atom. The van der Waals surface area contributed by atoms with Crippen LogP contribution in [0.2, 0.25) is 0 Å². The third-order valence-corrected chi connectivity index (χ3v) is 9.86. The quantitative estimate of drug-likeness (QED) is 0.217. The highest BCUT2D eigenvalue weighted by atomic mass is 79.9. The van der Waals surface area contributed by atoms with E-state index in [0.717, 1.165) is 64.6 Å². The lowest BCUT2D eigenvalue weighted by molar-refractivity contribution is 0.0540. The third kappa shape index (κ3) is 7.68. The van der Waals surface area contributed by atoms with Crippen molar-refractivity contribution in [3.63, 3.8) is 0 Å². The Morgan fingerprint density at radius 1 is 1.13 bits per heavy atom. The predicted octanol–water partition coefficient (Wildman–Crippen LogP) is 8.62. The van der Waals surface area contributed by atoms with Crippen LogP contribution in [0.25, 0.3) is 32.8 Å². The second-order valence-corrected chi connectivity index (χ2v) is 15.2. The number of hydrogen-bond donors (Lipinski definition) is 1. The molecule has 1 saturated heterocycles. The summed E-state index contributed by atoms with van der Waals surface area (Å²) in [7, 11) is 5.26. The van der Waals surface area contributed by atoms with E-state index >= 15 is 0 Å². The molecule has 1 N–H and O–H groups in total. The lowest BCUT2D eigenvalue weighted by atomic mass is 9.98. The molecule has 2 fully saturated rings. The molecule has 1 saturated carbocycles. The van der Waals surface area contributed by atoms with Gasteiger partial charge in [-0.25, -0.2) is 9.78 Å². The fraction of sp³-hybridized carbons (Fsp3) is 0.559. The molecule has 9 nitrogen and oxygen atoms in total. The highest BCUT2D eigenvalue weighted by Gasteiger charge is 2.29. The smallest absolute Gasteiger partial charge is 0.407 e. The van der Waals surface area contributed by atoms with E-state index < -0.39 is 0 Å². The predicted molar refractivity (Wildman–Crippen MR) is 187 cm³/mol. The number of aryl methyl sites for hydroxylation is 1. The number of likely N-dealkylation sites (tertiary alicyclic amines) is 1. The van der Waals surface area contributed by atoms with Gasteiger partial charge in [0.2, 0.25) is 0 Å². The van der Waals surface area contributed by atoms with E-state index in [2.05, 4.69) is 54.3 Å². The fourth-order valence-corrected chi connectivity index (χ4v) is 7.52. The minimum Gasteiger partial charge on any atom is -0.494 e. The van der Waals surface area contributed by atoms with Gasteiger partial charge in [0.15, 0.2) is 5.82 Å². The lowest BCUT2D eigenvalue weighted by Crippen LogP contribution is -2.43. The van der Waals surface area contributed by atoms with Gasteiger partial charge in [0.25, 0.3) is 5.91 Å². The van der Waals surface area contributed by atoms with Gasteiger partial charge >= 0.3 is 6.09 Å². The number of methoxy groups -OCH3 is 1. The summed E-state index contributed by atoms with van der Waals surface area (Å²) in [5, 5.41) is 2.36. The average molecular weight is 703 g/mol. The molecule has 1 aliphatic carbocycles. The third-order valence-electron chi connectivity index (χ3n) is 8.29. The normalized spacial score (nSPS) is 16.6. The first-order valence-corrected chi connectivity index (χ1v) is 17.1. The Kier molecular flexibility index (Phi) is 11.0. The maximum absolute atomic E-state index is 13.6. The van der Waals surface area contributed by atoms with Crippen molar-refractivity contribution in [2.75, 3.05) is 20.7 Å². The molecule has 3 aromatic heterocycles. The Bertz CT molecular complexity index is 1660. The van der Waals surface area contributed by atoms with Crippen molar-refractivity contribution in [3.05, 3.63) is 33.6 Å². The molecule has 1 aliphatic heterocycles. The number of nitrogens with one attached hydrogen (secondary N) is 1. The number of fused-ring (bicyclic) bond motifs is 2. The van der Waals surface area contributed by atoms with Crippen molar-refractivity contribution in [1.29, 1.82) is 0 Å². The monoisotopic (exact) mass is 701 g/mol. The zero-order valence-electron chi connectivity index (χ0n) is 26.8. The molecule has 246 valence electrons. The first-order chi connectivity index (χ1) is 20.9. The standard InChI is InChI=1S/C27H31BrN4O2S.C6H13NO2.CH4/c1-4-18-7-5-6-10-31(18)27(33)17-11-19-25(22(12-17)34-3)30(2)26(29-19)21-13-23-20(14-24(28)35-23)32(21)15-16-8-9-16;1-6(2,3)9-5(8)7-4;/h11-14,16,18H,4-10,15H2,1-3H3;1-4H3,(H,7,8);1H4/t18-;;/m0../s1. The van der Waals surface area contributed by atoms with E-state index in [0.29, 0.717) is 17.4 Å². The summed E-state index contributed by atoms with van der Waals surface area (Å²) in [6.45, 7) is 9.48. The van der Waals surface area contributed by atoms with Crippen molar-refractivity contribution in [3.8, 4) is 17.3 Å². The van der Waals surface area contributed by atoms with Crippen LogP contribution in [-0.2, 0) is 18.3 Å². The minimum absolute atomic E-state index is 0. The number of ether oxygens (including phenoxy) is 2. The van der Waals surface area contributed by atoms with Crippen molar-refractivity contribution in [2.24, 2.45) is 13.0 Å². The second kappa shape index (κ2) is 14.2. The largest absolute Gasteiger partial charge is 0.494 e. The Labute approximate surface area is 279 Å².